The maximum absolute atomic E-state index is 12.0. The summed E-state index contributed by atoms with van der Waals surface area (Å²) >= 11 is 0. The number of ether oxygens (including phenoxy) is 2. The van der Waals surface area contributed by atoms with Crippen LogP contribution in [-0.2, 0) is 27.8 Å². The largest absolute Gasteiger partial charge is 0.489 e. The van der Waals surface area contributed by atoms with Gasteiger partial charge in [-0.1, -0.05) is 5.21 Å². The molecule has 1 fully saturated rings. The zero-order valence-corrected chi connectivity index (χ0v) is 16.9. The van der Waals surface area contributed by atoms with Crippen LogP contribution in [0.1, 0.15) is 45.2 Å². The molecule has 29 heavy (non-hydrogen) atoms. The Labute approximate surface area is 169 Å². The van der Waals surface area contributed by atoms with Gasteiger partial charge >= 0.3 is 11.9 Å². The Morgan fingerprint density at radius 3 is 2.76 bits per heavy atom. The lowest BCUT2D eigenvalue weighted by molar-refractivity contribution is -0.146. The molecule has 1 N–H and O–H groups in total. The molecule has 0 aromatic carbocycles. The van der Waals surface area contributed by atoms with Gasteiger partial charge in [-0.05, 0) is 51.7 Å². The SMILES string of the molecule is CC(C)OC(=O)Cc1c(-c2ccc(O[C@H]3CCC[C@H](C(=O)O)C3)cn2)nnn1C. The van der Waals surface area contributed by atoms with Crippen molar-refractivity contribution in [2.75, 3.05) is 0 Å². The van der Waals surface area contributed by atoms with Gasteiger partial charge in [0.25, 0.3) is 0 Å². The number of aryl methyl sites for hydroxylation is 1. The van der Waals surface area contributed by atoms with Crippen LogP contribution in [0.4, 0.5) is 0 Å². The first-order chi connectivity index (χ1) is 13.8. The Kier molecular flexibility index (Phi) is 6.46. The first-order valence-corrected chi connectivity index (χ1v) is 9.77. The topological polar surface area (TPSA) is 116 Å². The van der Waals surface area contributed by atoms with Gasteiger partial charge in [0.1, 0.15) is 11.4 Å². The minimum atomic E-state index is -0.766. The highest BCUT2D eigenvalue weighted by atomic mass is 16.5. The molecular weight excluding hydrogens is 376 g/mol. The molecule has 0 unspecified atom stereocenters. The predicted molar refractivity (Wildman–Crippen MR) is 103 cm³/mol. The number of aliphatic carboxylic acids is 1. The Morgan fingerprint density at radius 2 is 2.10 bits per heavy atom. The molecule has 1 aliphatic carbocycles. The van der Waals surface area contributed by atoms with Crippen LogP contribution < -0.4 is 4.74 Å². The number of carbonyl (C=O) groups is 2. The number of nitrogens with zero attached hydrogens (tertiary/aromatic N) is 4. The van der Waals surface area contributed by atoms with E-state index in [0.29, 0.717) is 35.7 Å². The van der Waals surface area contributed by atoms with Crippen LogP contribution in [0.15, 0.2) is 18.3 Å². The highest BCUT2D eigenvalue weighted by molar-refractivity contribution is 5.75. The van der Waals surface area contributed by atoms with Crippen molar-refractivity contribution in [2.45, 2.75) is 58.2 Å². The lowest BCUT2D eigenvalue weighted by Crippen LogP contribution is -2.29. The summed E-state index contributed by atoms with van der Waals surface area (Å²) in [5.74, 6) is -0.891. The van der Waals surface area contributed by atoms with Crippen molar-refractivity contribution >= 4 is 11.9 Å². The lowest BCUT2D eigenvalue weighted by Gasteiger charge is -2.27. The second-order valence-electron chi connectivity index (χ2n) is 7.54. The van der Waals surface area contributed by atoms with Crippen molar-refractivity contribution in [3.05, 3.63) is 24.0 Å². The van der Waals surface area contributed by atoms with Gasteiger partial charge in [-0.25, -0.2) is 0 Å². The molecule has 0 saturated heterocycles. The molecule has 9 heteroatoms. The smallest absolute Gasteiger partial charge is 0.312 e. The zero-order valence-electron chi connectivity index (χ0n) is 16.9. The monoisotopic (exact) mass is 402 g/mol. The van der Waals surface area contributed by atoms with Gasteiger partial charge in [0.05, 0.1) is 42.1 Å². The van der Waals surface area contributed by atoms with E-state index in [1.807, 2.05) is 0 Å². The average molecular weight is 402 g/mol. The Balaban J connectivity index is 1.69. The molecule has 2 heterocycles. The first kappa shape index (κ1) is 20.8. The van der Waals surface area contributed by atoms with Crippen LogP contribution in [0.5, 0.6) is 5.75 Å². The van der Waals surface area contributed by atoms with Gasteiger partial charge in [0, 0.05) is 7.05 Å². The second-order valence-corrected chi connectivity index (χ2v) is 7.54. The van der Waals surface area contributed by atoms with E-state index in [1.54, 1.807) is 39.2 Å². The van der Waals surface area contributed by atoms with Crippen molar-refractivity contribution in [3.8, 4) is 17.1 Å². The fraction of sp³-hybridized carbons (Fsp3) is 0.550. The Morgan fingerprint density at radius 1 is 1.31 bits per heavy atom. The number of carbonyl (C=O) groups excluding carboxylic acids is 1. The van der Waals surface area contributed by atoms with E-state index < -0.39 is 5.97 Å². The molecule has 0 spiro atoms. The fourth-order valence-electron chi connectivity index (χ4n) is 3.47. The van der Waals surface area contributed by atoms with Gasteiger partial charge < -0.3 is 14.6 Å². The molecule has 1 saturated carbocycles. The summed E-state index contributed by atoms with van der Waals surface area (Å²) in [6.07, 6.45) is 4.18. The normalized spacial score (nSPS) is 19.2. The number of carboxylic acid groups (broad SMARTS) is 1. The second kappa shape index (κ2) is 9.02. The van der Waals surface area contributed by atoms with E-state index in [-0.39, 0.29) is 30.5 Å². The maximum Gasteiger partial charge on any atom is 0.312 e. The van der Waals surface area contributed by atoms with E-state index >= 15 is 0 Å². The zero-order chi connectivity index (χ0) is 21.0. The van der Waals surface area contributed by atoms with E-state index in [4.69, 9.17) is 9.47 Å². The summed E-state index contributed by atoms with van der Waals surface area (Å²) in [6.45, 7) is 3.59. The molecule has 3 rings (SSSR count). The summed E-state index contributed by atoms with van der Waals surface area (Å²) < 4.78 is 12.7. The molecule has 1 aliphatic rings. The van der Waals surface area contributed by atoms with Crippen LogP contribution in [0.25, 0.3) is 11.4 Å². The van der Waals surface area contributed by atoms with Crippen LogP contribution >= 0.6 is 0 Å². The van der Waals surface area contributed by atoms with Crippen molar-refractivity contribution < 1.29 is 24.2 Å². The highest BCUT2D eigenvalue weighted by Gasteiger charge is 2.28. The molecule has 9 nitrogen and oxygen atoms in total. The summed E-state index contributed by atoms with van der Waals surface area (Å²) in [4.78, 5) is 27.6. The third-order valence-corrected chi connectivity index (χ3v) is 4.88. The van der Waals surface area contributed by atoms with E-state index in [2.05, 4.69) is 15.3 Å². The molecule has 156 valence electrons. The third kappa shape index (κ3) is 5.30. The molecule has 2 atom stereocenters. The first-order valence-electron chi connectivity index (χ1n) is 9.77. The van der Waals surface area contributed by atoms with Crippen molar-refractivity contribution in [1.29, 1.82) is 0 Å². The van der Waals surface area contributed by atoms with Crippen molar-refractivity contribution in [1.82, 2.24) is 20.0 Å². The number of hydrogen-bond acceptors (Lipinski definition) is 7. The molecule has 0 bridgehead atoms. The van der Waals surface area contributed by atoms with Crippen molar-refractivity contribution in [3.63, 3.8) is 0 Å². The van der Waals surface area contributed by atoms with Gasteiger partial charge in [0.15, 0.2) is 0 Å². The summed E-state index contributed by atoms with van der Waals surface area (Å²) in [5.41, 5.74) is 1.71. The Bertz CT molecular complexity index is 862. The number of esters is 1. The lowest BCUT2D eigenvalue weighted by atomic mass is 9.87. The quantitative estimate of drug-likeness (QED) is 0.702. The van der Waals surface area contributed by atoms with Crippen LogP contribution in [0.3, 0.4) is 0 Å². The number of pyridine rings is 1. The highest BCUT2D eigenvalue weighted by Crippen LogP contribution is 2.29. The third-order valence-electron chi connectivity index (χ3n) is 4.88. The number of rotatable bonds is 7. The predicted octanol–water partition coefficient (Wildman–Crippen LogP) is 2.39. The van der Waals surface area contributed by atoms with Gasteiger partial charge in [-0.15, -0.1) is 5.10 Å². The van der Waals surface area contributed by atoms with E-state index in [9.17, 15) is 14.7 Å². The Hall–Kier alpha value is -2.97. The van der Waals surface area contributed by atoms with Crippen molar-refractivity contribution in [2.24, 2.45) is 13.0 Å². The van der Waals surface area contributed by atoms with E-state index in [0.717, 1.165) is 12.8 Å². The minimum absolute atomic E-state index is 0.0512. The fourth-order valence-corrected chi connectivity index (χ4v) is 3.47. The molecule has 0 radical (unpaired) electrons. The van der Waals surface area contributed by atoms with Crippen LogP contribution in [0, 0.1) is 5.92 Å². The molecule has 2 aromatic rings. The number of carboxylic acids is 1. The van der Waals surface area contributed by atoms with Crippen LogP contribution in [0.2, 0.25) is 0 Å². The molecular formula is C20H26N4O5. The van der Waals surface area contributed by atoms with Crippen LogP contribution in [-0.4, -0.2) is 49.2 Å². The number of hydrogen-bond donors (Lipinski definition) is 1. The maximum atomic E-state index is 12.0. The molecule has 0 amide bonds. The summed E-state index contributed by atoms with van der Waals surface area (Å²) in [6, 6.07) is 3.53. The van der Waals surface area contributed by atoms with E-state index in [1.165, 1.54) is 4.68 Å². The van der Waals surface area contributed by atoms with Gasteiger partial charge in [-0.2, -0.15) is 0 Å². The summed E-state index contributed by atoms with van der Waals surface area (Å²) in [5, 5.41) is 17.3. The molecule has 0 aliphatic heterocycles. The summed E-state index contributed by atoms with van der Waals surface area (Å²) in [7, 11) is 1.72. The average Bonchev–Trinajstić information content (AvgIpc) is 3.02. The van der Waals surface area contributed by atoms with Gasteiger partial charge in [-0.3, -0.25) is 19.3 Å². The number of aromatic nitrogens is 4. The van der Waals surface area contributed by atoms with Gasteiger partial charge in [0.2, 0.25) is 0 Å². The molecule has 2 aromatic heterocycles. The standard InChI is InChI=1S/C20H26N4O5/c1-12(2)28-18(25)10-17-19(22-23-24(17)3)16-8-7-15(11-21-16)29-14-6-4-5-13(9-14)20(26)27/h7-8,11-14H,4-6,9-10H2,1-3H3,(H,26,27)/t13-,14-/m0/s1. The minimum Gasteiger partial charge on any atom is -0.489 e.